The van der Waals surface area contributed by atoms with Crippen molar-refractivity contribution in [3.63, 3.8) is 0 Å². The molecule has 3 aromatic rings. The summed E-state index contributed by atoms with van der Waals surface area (Å²) in [6.45, 7) is 2.47. The quantitative estimate of drug-likeness (QED) is 0.553. The van der Waals surface area contributed by atoms with E-state index in [2.05, 4.69) is 10.2 Å². The lowest BCUT2D eigenvalue weighted by atomic mass is 10.2. The summed E-state index contributed by atoms with van der Waals surface area (Å²) in [6.07, 6.45) is 1.95. The van der Waals surface area contributed by atoms with Crippen LogP contribution in [0, 0.1) is 6.92 Å². The van der Waals surface area contributed by atoms with Crippen LogP contribution in [0.25, 0.3) is 0 Å². The van der Waals surface area contributed by atoms with E-state index in [-0.39, 0.29) is 11.5 Å². The minimum atomic E-state index is -3.78. The summed E-state index contributed by atoms with van der Waals surface area (Å²) in [7, 11) is -2.16. The number of hydrogen-bond donors (Lipinski definition) is 0. The lowest BCUT2D eigenvalue weighted by Crippen LogP contribution is -2.12. The Balaban J connectivity index is 1.60. The number of nitrogens with zero attached hydrogens (tertiary/aromatic N) is 3. The number of methoxy groups -OCH3 is 1. The zero-order valence-electron chi connectivity index (χ0n) is 15.2. The first-order valence-corrected chi connectivity index (χ1v) is 9.84. The van der Waals surface area contributed by atoms with Crippen molar-refractivity contribution in [2.75, 3.05) is 13.7 Å². The first-order chi connectivity index (χ1) is 13.0. The predicted octanol–water partition coefficient (Wildman–Crippen LogP) is 2.59. The molecular weight excluding hydrogens is 366 g/mol. The van der Waals surface area contributed by atoms with Crippen molar-refractivity contribution in [1.29, 1.82) is 0 Å². The van der Waals surface area contributed by atoms with Crippen LogP contribution in [0.5, 0.6) is 5.75 Å². The average molecular weight is 387 g/mol. The summed E-state index contributed by atoms with van der Waals surface area (Å²) in [4.78, 5) is 0.146. The fourth-order valence-corrected chi connectivity index (χ4v) is 3.46. The molecule has 0 aliphatic rings. The maximum atomic E-state index is 12.2. The third-order valence-corrected chi connectivity index (χ3v) is 5.41. The van der Waals surface area contributed by atoms with Gasteiger partial charge in [-0.3, -0.25) is 4.18 Å². The first-order valence-electron chi connectivity index (χ1n) is 8.43. The number of hydrogen-bond acceptors (Lipinski definition) is 6. The molecule has 0 radical (unpaired) electrons. The van der Waals surface area contributed by atoms with E-state index in [4.69, 9.17) is 8.92 Å². The van der Waals surface area contributed by atoms with Crippen molar-refractivity contribution in [2.24, 2.45) is 0 Å². The Labute approximate surface area is 158 Å². The van der Waals surface area contributed by atoms with Crippen LogP contribution in [-0.2, 0) is 27.3 Å². The molecule has 3 rings (SSSR count). The van der Waals surface area contributed by atoms with Crippen molar-refractivity contribution < 1.29 is 17.3 Å². The van der Waals surface area contributed by atoms with E-state index < -0.39 is 10.1 Å². The normalized spacial score (nSPS) is 11.5. The van der Waals surface area contributed by atoms with Crippen molar-refractivity contribution >= 4 is 10.1 Å². The van der Waals surface area contributed by atoms with Gasteiger partial charge in [0.25, 0.3) is 10.1 Å². The molecule has 0 spiro atoms. The van der Waals surface area contributed by atoms with Gasteiger partial charge >= 0.3 is 0 Å². The Bertz CT molecular complexity index is 981. The monoisotopic (exact) mass is 387 g/mol. The fraction of sp³-hybridized carbons (Fsp3) is 0.263. The maximum absolute atomic E-state index is 12.2. The molecule has 0 saturated carbocycles. The van der Waals surface area contributed by atoms with Crippen molar-refractivity contribution in [2.45, 2.75) is 24.8 Å². The Morgan fingerprint density at radius 1 is 1.04 bits per heavy atom. The third-order valence-electron chi connectivity index (χ3n) is 4.08. The Morgan fingerprint density at radius 2 is 1.74 bits per heavy atom. The molecule has 0 saturated heterocycles. The molecule has 0 atom stereocenters. The van der Waals surface area contributed by atoms with Gasteiger partial charge in [0.15, 0.2) is 0 Å². The van der Waals surface area contributed by atoms with E-state index in [0.717, 1.165) is 16.9 Å². The van der Waals surface area contributed by atoms with Crippen LogP contribution in [-0.4, -0.2) is 36.9 Å². The van der Waals surface area contributed by atoms with Crippen LogP contribution in [0.3, 0.4) is 0 Å². The lowest BCUT2D eigenvalue weighted by Gasteiger charge is -2.09. The van der Waals surface area contributed by atoms with Crippen molar-refractivity contribution in [1.82, 2.24) is 14.8 Å². The van der Waals surface area contributed by atoms with Gasteiger partial charge in [0, 0.05) is 6.42 Å². The minimum Gasteiger partial charge on any atom is -0.497 e. The molecule has 8 heteroatoms. The van der Waals surface area contributed by atoms with Gasteiger partial charge in [0.05, 0.1) is 25.2 Å². The summed E-state index contributed by atoms with van der Waals surface area (Å²) >= 11 is 0. The molecule has 27 heavy (non-hydrogen) atoms. The maximum Gasteiger partial charge on any atom is 0.296 e. The molecule has 1 heterocycles. The zero-order chi connectivity index (χ0) is 19.3. The topological polar surface area (TPSA) is 83.3 Å². The van der Waals surface area contributed by atoms with Gasteiger partial charge in [-0.2, -0.15) is 8.42 Å². The van der Waals surface area contributed by atoms with E-state index in [1.54, 1.807) is 25.6 Å². The Hall–Kier alpha value is -2.71. The van der Waals surface area contributed by atoms with E-state index in [1.807, 2.05) is 35.8 Å². The van der Waals surface area contributed by atoms with Gasteiger partial charge in [0.1, 0.15) is 17.9 Å². The summed E-state index contributed by atoms with van der Waals surface area (Å²) in [6, 6.07) is 14.2. The molecule has 0 N–H and O–H groups in total. The standard InChI is InChI=1S/C19H21N3O4S/c1-15-3-9-18(10-4-15)27(23,24)26-12-11-19-21-20-14-22(19)13-16-5-7-17(25-2)8-6-16/h3-10,14H,11-13H2,1-2H3. The van der Waals surface area contributed by atoms with Gasteiger partial charge in [0.2, 0.25) is 0 Å². The molecule has 0 aliphatic heterocycles. The van der Waals surface area contributed by atoms with E-state index in [1.165, 1.54) is 12.1 Å². The second kappa shape index (κ2) is 8.32. The number of benzene rings is 2. The van der Waals surface area contributed by atoms with Gasteiger partial charge in [-0.05, 0) is 36.8 Å². The largest absolute Gasteiger partial charge is 0.497 e. The van der Waals surface area contributed by atoms with Crippen LogP contribution < -0.4 is 4.74 Å². The third kappa shape index (κ3) is 4.93. The molecule has 0 amide bonds. The molecule has 0 unspecified atom stereocenters. The molecule has 0 fully saturated rings. The van der Waals surface area contributed by atoms with Gasteiger partial charge in [-0.15, -0.1) is 10.2 Å². The van der Waals surface area contributed by atoms with Crippen LogP contribution in [0.15, 0.2) is 59.8 Å². The predicted molar refractivity (Wildman–Crippen MR) is 100 cm³/mol. The summed E-state index contributed by atoms with van der Waals surface area (Å²) in [5.41, 5.74) is 2.05. The van der Waals surface area contributed by atoms with E-state index in [0.29, 0.717) is 18.8 Å². The zero-order valence-corrected chi connectivity index (χ0v) is 16.0. The highest BCUT2D eigenvalue weighted by molar-refractivity contribution is 7.86. The molecule has 2 aromatic carbocycles. The van der Waals surface area contributed by atoms with Gasteiger partial charge in [-0.25, -0.2) is 0 Å². The average Bonchev–Trinajstić information content (AvgIpc) is 3.09. The second-order valence-corrected chi connectivity index (χ2v) is 7.68. The number of ether oxygens (including phenoxy) is 1. The SMILES string of the molecule is COc1ccc(Cn2cnnc2CCOS(=O)(=O)c2ccc(C)cc2)cc1. The van der Waals surface area contributed by atoms with E-state index in [9.17, 15) is 8.42 Å². The summed E-state index contributed by atoms with van der Waals surface area (Å²) < 4.78 is 36.6. The molecule has 142 valence electrons. The number of rotatable bonds is 8. The smallest absolute Gasteiger partial charge is 0.296 e. The highest BCUT2D eigenvalue weighted by Crippen LogP contribution is 2.15. The second-order valence-electron chi connectivity index (χ2n) is 6.06. The van der Waals surface area contributed by atoms with Crippen LogP contribution in [0.1, 0.15) is 17.0 Å². The van der Waals surface area contributed by atoms with Crippen molar-refractivity contribution in [3.8, 4) is 5.75 Å². The highest BCUT2D eigenvalue weighted by Gasteiger charge is 2.15. The van der Waals surface area contributed by atoms with Gasteiger partial charge in [-0.1, -0.05) is 29.8 Å². The van der Waals surface area contributed by atoms with Crippen LogP contribution in [0.2, 0.25) is 0 Å². The lowest BCUT2D eigenvalue weighted by molar-refractivity contribution is 0.317. The van der Waals surface area contributed by atoms with E-state index >= 15 is 0 Å². The van der Waals surface area contributed by atoms with Crippen LogP contribution in [0.4, 0.5) is 0 Å². The first kappa shape index (κ1) is 19.1. The summed E-state index contributed by atoms with van der Waals surface area (Å²) in [5.74, 6) is 1.45. The van der Waals surface area contributed by atoms with Crippen LogP contribution >= 0.6 is 0 Å². The Morgan fingerprint density at radius 3 is 2.41 bits per heavy atom. The van der Waals surface area contributed by atoms with Crippen molar-refractivity contribution in [3.05, 3.63) is 71.8 Å². The fourth-order valence-electron chi connectivity index (χ4n) is 2.55. The Kier molecular flexibility index (Phi) is 5.88. The molecule has 0 bridgehead atoms. The number of aryl methyl sites for hydroxylation is 1. The van der Waals surface area contributed by atoms with Gasteiger partial charge < -0.3 is 9.30 Å². The summed E-state index contributed by atoms with van der Waals surface area (Å²) in [5, 5.41) is 7.98. The number of aromatic nitrogens is 3. The molecule has 0 aliphatic carbocycles. The minimum absolute atomic E-state index is 0.00246. The highest BCUT2D eigenvalue weighted by atomic mass is 32.2. The molecule has 7 nitrogen and oxygen atoms in total. The molecular formula is C19H21N3O4S. The molecule has 1 aromatic heterocycles.